The summed E-state index contributed by atoms with van der Waals surface area (Å²) in [5.74, 6) is -0.442. The summed E-state index contributed by atoms with van der Waals surface area (Å²) in [5.41, 5.74) is 1.42. The van der Waals surface area contributed by atoms with E-state index in [4.69, 9.17) is 0 Å². The molecule has 7 heteroatoms. The van der Waals surface area contributed by atoms with Crippen LogP contribution in [0.5, 0.6) is 0 Å². The van der Waals surface area contributed by atoms with Gasteiger partial charge in [0.25, 0.3) is 11.5 Å². The third-order valence-electron chi connectivity index (χ3n) is 4.41. The maximum Gasteiger partial charge on any atom is 0.276 e. The molecule has 0 saturated carbocycles. The Balaban J connectivity index is 1.81. The van der Waals surface area contributed by atoms with E-state index < -0.39 is 5.91 Å². The smallest absolute Gasteiger partial charge is 0.276 e. The van der Waals surface area contributed by atoms with Crippen molar-refractivity contribution in [2.75, 3.05) is 5.32 Å². The Kier molecular flexibility index (Phi) is 6.07. The summed E-state index contributed by atoms with van der Waals surface area (Å²) in [6, 6.07) is 14.1. The molecule has 0 unspecified atom stereocenters. The van der Waals surface area contributed by atoms with Crippen LogP contribution in [-0.4, -0.2) is 27.6 Å². The van der Waals surface area contributed by atoms with Crippen molar-refractivity contribution in [2.24, 2.45) is 0 Å². The minimum Gasteiger partial charge on any atom is -0.354 e. The van der Waals surface area contributed by atoms with Crippen LogP contribution in [0.1, 0.15) is 36.8 Å². The number of aryl methyl sites for hydroxylation is 1. The highest BCUT2D eigenvalue weighted by atomic mass is 16.2. The molecule has 150 valence electrons. The zero-order chi connectivity index (χ0) is 21.0. The number of carbonyl (C=O) groups is 2. The van der Waals surface area contributed by atoms with Crippen LogP contribution in [0.4, 0.5) is 5.69 Å². The average molecular weight is 392 g/mol. The van der Waals surface area contributed by atoms with Crippen LogP contribution in [0.25, 0.3) is 10.8 Å². The minimum atomic E-state index is -0.395. The van der Waals surface area contributed by atoms with Crippen LogP contribution in [0.2, 0.25) is 0 Å². The van der Waals surface area contributed by atoms with E-state index in [1.54, 1.807) is 55.5 Å². The van der Waals surface area contributed by atoms with Gasteiger partial charge < -0.3 is 10.6 Å². The van der Waals surface area contributed by atoms with Crippen molar-refractivity contribution >= 4 is 28.3 Å². The second-order valence-corrected chi connectivity index (χ2v) is 7.07. The molecule has 1 heterocycles. The lowest BCUT2D eigenvalue weighted by molar-refractivity contribution is -0.120. The van der Waals surface area contributed by atoms with E-state index in [2.05, 4.69) is 15.7 Å². The standard InChI is InChI=1S/C22H24N4O3/c1-4-26-22(29)18-8-6-5-7-17(18)20(25-26)21(28)24-16-11-9-15(10-12-16)13-19(27)23-14(2)3/h5-12,14H,4,13H2,1-3H3,(H,23,27)(H,24,28). The molecular weight excluding hydrogens is 368 g/mol. The predicted molar refractivity (Wildman–Crippen MR) is 113 cm³/mol. The van der Waals surface area contributed by atoms with Gasteiger partial charge in [-0.2, -0.15) is 5.10 Å². The molecule has 0 aliphatic heterocycles. The van der Waals surface area contributed by atoms with Crippen molar-refractivity contribution < 1.29 is 9.59 Å². The third-order valence-corrected chi connectivity index (χ3v) is 4.41. The number of nitrogens with zero attached hydrogens (tertiary/aromatic N) is 2. The lowest BCUT2D eigenvalue weighted by Gasteiger charge is -2.11. The maximum atomic E-state index is 12.8. The molecule has 2 amide bonds. The second-order valence-electron chi connectivity index (χ2n) is 7.07. The summed E-state index contributed by atoms with van der Waals surface area (Å²) in [5, 5.41) is 10.9. The van der Waals surface area contributed by atoms with Crippen LogP contribution < -0.4 is 16.2 Å². The largest absolute Gasteiger partial charge is 0.354 e. The Morgan fingerprint density at radius 2 is 1.69 bits per heavy atom. The summed E-state index contributed by atoms with van der Waals surface area (Å²) < 4.78 is 1.29. The van der Waals surface area contributed by atoms with E-state index in [-0.39, 0.29) is 29.6 Å². The molecule has 29 heavy (non-hydrogen) atoms. The van der Waals surface area contributed by atoms with Gasteiger partial charge in [-0.25, -0.2) is 4.68 Å². The highest BCUT2D eigenvalue weighted by molar-refractivity contribution is 6.11. The van der Waals surface area contributed by atoms with E-state index >= 15 is 0 Å². The van der Waals surface area contributed by atoms with E-state index in [9.17, 15) is 14.4 Å². The van der Waals surface area contributed by atoms with Crippen LogP contribution >= 0.6 is 0 Å². The third kappa shape index (κ3) is 4.68. The summed E-state index contributed by atoms with van der Waals surface area (Å²) in [4.78, 5) is 37.1. The van der Waals surface area contributed by atoms with Crippen LogP contribution in [-0.2, 0) is 17.8 Å². The molecule has 3 rings (SSSR count). The molecule has 0 saturated heterocycles. The van der Waals surface area contributed by atoms with Gasteiger partial charge in [-0.1, -0.05) is 30.3 Å². The predicted octanol–water partition coefficient (Wildman–Crippen LogP) is 2.74. The summed E-state index contributed by atoms with van der Waals surface area (Å²) in [6.07, 6.45) is 0.278. The number of carbonyl (C=O) groups excluding carboxylic acids is 2. The number of rotatable bonds is 6. The van der Waals surface area contributed by atoms with Crippen molar-refractivity contribution in [1.82, 2.24) is 15.1 Å². The lowest BCUT2D eigenvalue weighted by Crippen LogP contribution is -2.31. The number of benzene rings is 2. The summed E-state index contributed by atoms with van der Waals surface area (Å²) in [7, 11) is 0. The van der Waals surface area contributed by atoms with Gasteiger partial charge in [0.05, 0.1) is 11.8 Å². The Hall–Kier alpha value is -3.48. The molecule has 2 N–H and O–H groups in total. The zero-order valence-corrected chi connectivity index (χ0v) is 16.7. The van der Waals surface area contributed by atoms with Crippen molar-refractivity contribution in [3.05, 3.63) is 70.1 Å². The van der Waals surface area contributed by atoms with Gasteiger partial charge >= 0.3 is 0 Å². The van der Waals surface area contributed by atoms with Crippen LogP contribution in [0, 0.1) is 0 Å². The Bertz CT molecular complexity index is 1100. The zero-order valence-electron chi connectivity index (χ0n) is 16.7. The molecule has 0 aliphatic carbocycles. The SMILES string of the molecule is CCn1nc(C(=O)Nc2ccc(CC(=O)NC(C)C)cc2)c2ccccc2c1=O. The maximum absolute atomic E-state index is 12.8. The monoisotopic (exact) mass is 392 g/mol. The van der Waals surface area contributed by atoms with Crippen LogP contribution in [0.3, 0.4) is 0 Å². The first-order chi connectivity index (χ1) is 13.9. The molecular formula is C22H24N4O3. The number of amides is 2. The molecule has 7 nitrogen and oxygen atoms in total. The Labute approximate surface area is 168 Å². The average Bonchev–Trinajstić information content (AvgIpc) is 2.69. The first-order valence-corrected chi connectivity index (χ1v) is 9.58. The Morgan fingerprint density at radius 1 is 1.03 bits per heavy atom. The number of hydrogen-bond donors (Lipinski definition) is 2. The van der Waals surface area contributed by atoms with Gasteiger partial charge in [0.15, 0.2) is 5.69 Å². The van der Waals surface area contributed by atoms with Gasteiger partial charge in [0, 0.05) is 23.7 Å². The van der Waals surface area contributed by atoms with E-state index in [0.29, 0.717) is 23.0 Å². The Morgan fingerprint density at radius 3 is 2.31 bits per heavy atom. The molecule has 0 bridgehead atoms. The minimum absolute atomic E-state index is 0.0470. The normalized spacial score (nSPS) is 10.9. The number of anilines is 1. The fraction of sp³-hybridized carbons (Fsp3) is 0.273. The van der Waals surface area contributed by atoms with E-state index in [0.717, 1.165) is 5.56 Å². The van der Waals surface area contributed by atoms with Crippen molar-refractivity contribution in [3.8, 4) is 0 Å². The fourth-order valence-corrected chi connectivity index (χ4v) is 3.07. The molecule has 0 aliphatic rings. The number of aromatic nitrogens is 2. The number of fused-ring (bicyclic) bond motifs is 1. The lowest BCUT2D eigenvalue weighted by atomic mass is 10.1. The van der Waals surface area contributed by atoms with Crippen molar-refractivity contribution in [3.63, 3.8) is 0 Å². The first-order valence-electron chi connectivity index (χ1n) is 9.58. The van der Waals surface area contributed by atoms with Gasteiger partial charge in [-0.3, -0.25) is 14.4 Å². The highest BCUT2D eigenvalue weighted by Gasteiger charge is 2.16. The number of nitrogens with one attached hydrogen (secondary N) is 2. The van der Waals surface area contributed by atoms with Gasteiger partial charge in [-0.05, 0) is 44.5 Å². The van der Waals surface area contributed by atoms with E-state index in [1.165, 1.54) is 4.68 Å². The topological polar surface area (TPSA) is 93.1 Å². The quantitative estimate of drug-likeness (QED) is 0.675. The molecule has 3 aromatic rings. The van der Waals surface area contributed by atoms with Crippen LogP contribution in [0.15, 0.2) is 53.3 Å². The molecule has 0 radical (unpaired) electrons. The second kappa shape index (κ2) is 8.68. The number of hydrogen-bond acceptors (Lipinski definition) is 4. The summed E-state index contributed by atoms with van der Waals surface area (Å²) in [6.45, 7) is 6.00. The van der Waals surface area contributed by atoms with Gasteiger partial charge in [0.1, 0.15) is 0 Å². The molecule has 0 atom stereocenters. The highest BCUT2D eigenvalue weighted by Crippen LogP contribution is 2.16. The fourth-order valence-electron chi connectivity index (χ4n) is 3.07. The van der Waals surface area contributed by atoms with E-state index in [1.807, 2.05) is 13.8 Å². The molecule has 1 aromatic heterocycles. The molecule has 0 spiro atoms. The van der Waals surface area contributed by atoms with Crippen molar-refractivity contribution in [2.45, 2.75) is 39.8 Å². The molecule has 2 aromatic carbocycles. The molecule has 0 fully saturated rings. The van der Waals surface area contributed by atoms with Gasteiger partial charge in [0.2, 0.25) is 5.91 Å². The first kappa shape index (κ1) is 20.3. The summed E-state index contributed by atoms with van der Waals surface area (Å²) >= 11 is 0. The van der Waals surface area contributed by atoms with Gasteiger partial charge in [-0.15, -0.1) is 0 Å². The van der Waals surface area contributed by atoms with Crippen molar-refractivity contribution in [1.29, 1.82) is 0 Å².